The fourth-order valence-electron chi connectivity index (χ4n) is 2.86. The molecular formula is C23H25ClFN5O2. The number of hydrogen-bond donors (Lipinski definition) is 2. The fourth-order valence-corrected chi connectivity index (χ4v) is 2.98. The standard InChI is InChI=1S/C23H25ClFN5O2/c1-23(2,3)19-13-20(30(28-19)16-11-9-15(24)10-12-16)27-21(31)14-29(4)22(32)26-18-8-6-5-7-17(18)25/h5-13H,14H2,1-4H3,(H,26,32)(H,27,31). The van der Waals surface area contributed by atoms with Crippen molar-refractivity contribution in [2.75, 3.05) is 24.2 Å². The highest BCUT2D eigenvalue weighted by molar-refractivity contribution is 6.30. The first kappa shape index (κ1) is 23.3. The van der Waals surface area contributed by atoms with Gasteiger partial charge in [-0.05, 0) is 36.4 Å². The maximum absolute atomic E-state index is 13.8. The Morgan fingerprint density at radius 1 is 1.09 bits per heavy atom. The summed E-state index contributed by atoms with van der Waals surface area (Å²) < 4.78 is 15.4. The number of hydrogen-bond acceptors (Lipinski definition) is 3. The zero-order chi connectivity index (χ0) is 23.5. The molecule has 0 saturated heterocycles. The summed E-state index contributed by atoms with van der Waals surface area (Å²) in [4.78, 5) is 26.2. The monoisotopic (exact) mass is 457 g/mol. The molecule has 0 bridgehead atoms. The van der Waals surface area contributed by atoms with E-state index in [1.54, 1.807) is 41.1 Å². The number of aromatic nitrogens is 2. The van der Waals surface area contributed by atoms with Crippen molar-refractivity contribution in [3.8, 4) is 5.69 Å². The van der Waals surface area contributed by atoms with Crippen molar-refractivity contribution >= 4 is 35.0 Å². The third-order valence-corrected chi connectivity index (χ3v) is 4.91. The van der Waals surface area contributed by atoms with Crippen molar-refractivity contribution in [2.45, 2.75) is 26.2 Å². The molecule has 3 aromatic rings. The highest BCUT2D eigenvalue weighted by atomic mass is 35.5. The molecule has 3 rings (SSSR count). The van der Waals surface area contributed by atoms with E-state index in [2.05, 4.69) is 15.7 Å². The third kappa shape index (κ3) is 5.64. The van der Waals surface area contributed by atoms with Gasteiger partial charge in [-0.2, -0.15) is 5.10 Å². The minimum Gasteiger partial charge on any atom is -0.318 e. The normalized spacial score (nSPS) is 11.2. The minimum absolute atomic E-state index is 0.0420. The SMILES string of the molecule is CN(CC(=O)Nc1cc(C(C)(C)C)nn1-c1ccc(Cl)cc1)C(=O)Nc1ccccc1F. The van der Waals surface area contributed by atoms with Crippen molar-refractivity contribution < 1.29 is 14.0 Å². The summed E-state index contributed by atoms with van der Waals surface area (Å²) in [5, 5.41) is 10.5. The van der Waals surface area contributed by atoms with Gasteiger partial charge in [-0.25, -0.2) is 13.9 Å². The van der Waals surface area contributed by atoms with E-state index in [1.165, 1.54) is 25.2 Å². The van der Waals surface area contributed by atoms with E-state index < -0.39 is 17.8 Å². The molecule has 0 aliphatic rings. The number of amides is 3. The summed E-state index contributed by atoms with van der Waals surface area (Å²) in [5.74, 6) is -0.516. The van der Waals surface area contributed by atoms with Crippen LogP contribution in [0, 0.1) is 5.82 Å². The van der Waals surface area contributed by atoms with E-state index in [-0.39, 0.29) is 17.6 Å². The van der Waals surface area contributed by atoms with Crippen LogP contribution in [-0.2, 0) is 10.2 Å². The molecule has 0 fully saturated rings. The van der Waals surface area contributed by atoms with E-state index in [0.29, 0.717) is 10.8 Å². The van der Waals surface area contributed by atoms with Gasteiger partial charge in [-0.1, -0.05) is 44.5 Å². The number of para-hydroxylation sites is 1. The molecule has 0 aliphatic carbocycles. The van der Waals surface area contributed by atoms with E-state index in [4.69, 9.17) is 11.6 Å². The predicted molar refractivity (Wildman–Crippen MR) is 124 cm³/mol. The van der Waals surface area contributed by atoms with Gasteiger partial charge in [0.15, 0.2) is 0 Å². The molecule has 1 heterocycles. The number of anilines is 2. The van der Waals surface area contributed by atoms with E-state index in [9.17, 15) is 14.0 Å². The van der Waals surface area contributed by atoms with Crippen molar-refractivity contribution in [3.05, 3.63) is 71.1 Å². The zero-order valence-corrected chi connectivity index (χ0v) is 19.1. The molecule has 0 aliphatic heterocycles. The molecule has 32 heavy (non-hydrogen) atoms. The molecule has 168 valence electrons. The quantitative estimate of drug-likeness (QED) is 0.561. The third-order valence-electron chi connectivity index (χ3n) is 4.66. The van der Waals surface area contributed by atoms with Crippen LogP contribution in [0.3, 0.4) is 0 Å². The van der Waals surface area contributed by atoms with Gasteiger partial charge in [0.05, 0.1) is 17.1 Å². The molecule has 2 N–H and O–H groups in total. The van der Waals surface area contributed by atoms with Crippen LogP contribution in [0.5, 0.6) is 0 Å². The Morgan fingerprint density at radius 2 is 1.75 bits per heavy atom. The molecule has 9 heteroatoms. The zero-order valence-electron chi connectivity index (χ0n) is 18.3. The molecule has 7 nitrogen and oxygen atoms in total. The summed E-state index contributed by atoms with van der Waals surface area (Å²) in [6.07, 6.45) is 0. The van der Waals surface area contributed by atoms with Crippen molar-refractivity contribution in [1.29, 1.82) is 0 Å². The van der Waals surface area contributed by atoms with Crippen molar-refractivity contribution in [2.24, 2.45) is 0 Å². The number of nitrogens with zero attached hydrogens (tertiary/aromatic N) is 3. The Labute approximate surface area is 191 Å². The largest absolute Gasteiger partial charge is 0.322 e. The lowest BCUT2D eigenvalue weighted by Crippen LogP contribution is -2.38. The molecule has 1 aromatic heterocycles. The topological polar surface area (TPSA) is 79.3 Å². The van der Waals surface area contributed by atoms with Crippen LogP contribution in [0.1, 0.15) is 26.5 Å². The lowest BCUT2D eigenvalue weighted by molar-refractivity contribution is -0.116. The van der Waals surface area contributed by atoms with Gasteiger partial charge in [0.1, 0.15) is 18.2 Å². The number of carbonyl (C=O) groups excluding carboxylic acids is 2. The average Bonchev–Trinajstić information content (AvgIpc) is 3.14. The van der Waals surface area contributed by atoms with Crippen LogP contribution in [0.4, 0.5) is 20.7 Å². The molecule has 0 radical (unpaired) electrons. The second kappa shape index (κ2) is 9.40. The average molecular weight is 458 g/mol. The van der Waals surface area contributed by atoms with Gasteiger partial charge in [-0.15, -0.1) is 0 Å². The van der Waals surface area contributed by atoms with E-state index >= 15 is 0 Å². The first-order valence-electron chi connectivity index (χ1n) is 9.97. The summed E-state index contributed by atoms with van der Waals surface area (Å²) in [5.41, 5.74) is 1.31. The Morgan fingerprint density at radius 3 is 2.38 bits per heavy atom. The number of urea groups is 1. The van der Waals surface area contributed by atoms with Gasteiger partial charge in [0.25, 0.3) is 0 Å². The Bertz CT molecular complexity index is 1120. The first-order valence-corrected chi connectivity index (χ1v) is 10.4. The number of nitrogens with one attached hydrogen (secondary N) is 2. The maximum Gasteiger partial charge on any atom is 0.322 e. The van der Waals surface area contributed by atoms with Crippen LogP contribution in [0.25, 0.3) is 5.69 Å². The maximum atomic E-state index is 13.8. The smallest absolute Gasteiger partial charge is 0.318 e. The summed E-state index contributed by atoms with van der Waals surface area (Å²) >= 11 is 5.99. The predicted octanol–water partition coefficient (Wildman–Crippen LogP) is 5.06. The second-order valence-electron chi connectivity index (χ2n) is 8.37. The summed E-state index contributed by atoms with van der Waals surface area (Å²) in [6, 6.07) is 14.1. The van der Waals surface area contributed by atoms with Crippen LogP contribution < -0.4 is 10.6 Å². The number of halogens is 2. The molecular weight excluding hydrogens is 433 g/mol. The lowest BCUT2D eigenvalue weighted by atomic mass is 9.92. The number of carbonyl (C=O) groups is 2. The summed E-state index contributed by atoms with van der Waals surface area (Å²) in [7, 11) is 1.45. The summed E-state index contributed by atoms with van der Waals surface area (Å²) in [6.45, 7) is 5.83. The molecule has 0 saturated carbocycles. The van der Waals surface area contributed by atoms with Crippen LogP contribution >= 0.6 is 11.6 Å². The van der Waals surface area contributed by atoms with Crippen molar-refractivity contribution in [3.63, 3.8) is 0 Å². The number of benzene rings is 2. The van der Waals surface area contributed by atoms with Crippen LogP contribution in [0.15, 0.2) is 54.6 Å². The Hall–Kier alpha value is -3.39. The second-order valence-corrected chi connectivity index (χ2v) is 8.80. The number of likely N-dealkylation sites (N-methyl/N-ethyl adjacent to an activating group) is 1. The highest BCUT2D eigenvalue weighted by Crippen LogP contribution is 2.27. The highest BCUT2D eigenvalue weighted by Gasteiger charge is 2.22. The lowest BCUT2D eigenvalue weighted by Gasteiger charge is -2.18. The van der Waals surface area contributed by atoms with Gasteiger partial charge in [0.2, 0.25) is 5.91 Å². The van der Waals surface area contributed by atoms with Gasteiger partial charge >= 0.3 is 6.03 Å². The minimum atomic E-state index is -0.605. The molecule has 3 amide bonds. The Kier molecular flexibility index (Phi) is 6.84. The molecule has 0 unspecified atom stereocenters. The van der Waals surface area contributed by atoms with Gasteiger partial charge in [-0.3, -0.25) is 4.79 Å². The molecule has 2 aromatic carbocycles. The van der Waals surface area contributed by atoms with E-state index in [1.807, 2.05) is 20.8 Å². The van der Waals surface area contributed by atoms with Crippen LogP contribution in [-0.4, -0.2) is 40.2 Å². The number of rotatable bonds is 5. The van der Waals surface area contributed by atoms with Crippen LogP contribution in [0.2, 0.25) is 5.02 Å². The van der Waals surface area contributed by atoms with Gasteiger partial charge in [0, 0.05) is 23.6 Å². The molecule has 0 spiro atoms. The fraction of sp³-hybridized carbons (Fsp3) is 0.261. The first-order chi connectivity index (χ1) is 15.0. The van der Waals surface area contributed by atoms with Gasteiger partial charge < -0.3 is 15.5 Å². The van der Waals surface area contributed by atoms with E-state index in [0.717, 1.165) is 16.3 Å². The van der Waals surface area contributed by atoms with Crippen molar-refractivity contribution in [1.82, 2.24) is 14.7 Å². The molecule has 0 atom stereocenters. The Balaban J connectivity index is 1.75.